The van der Waals surface area contributed by atoms with E-state index in [4.69, 9.17) is 24.5 Å². The highest BCUT2D eigenvalue weighted by Gasteiger charge is 2.46. The standard InChI is InChI=1S/C20H27N5O.2C2HF3O2/c1-26-15-18-13-20(16-25(18)19-22-9-4-10-23-19)6-11-24(12-7-20)14-17-5-2-3-8-21-17;2*3-2(4,5)1(6)7/h2-5,8-10,18H,6-7,11-16H2,1H3;2*(H,6,7). The maximum atomic E-state index is 10.6. The van der Waals surface area contributed by atoms with Gasteiger partial charge in [-0.2, -0.15) is 26.3 Å². The van der Waals surface area contributed by atoms with Gasteiger partial charge in [-0.05, 0) is 56.0 Å². The fraction of sp³-hybridized carbons (Fsp3) is 0.542. The lowest BCUT2D eigenvalue weighted by atomic mass is 9.76. The third-order valence-corrected chi connectivity index (χ3v) is 6.30. The molecule has 2 saturated heterocycles. The highest BCUT2D eigenvalue weighted by atomic mass is 19.4. The third-order valence-electron chi connectivity index (χ3n) is 6.30. The van der Waals surface area contributed by atoms with Crippen molar-refractivity contribution in [1.29, 1.82) is 0 Å². The molecule has 1 unspecified atom stereocenters. The first-order chi connectivity index (χ1) is 18.7. The minimum Gasteiger partial charge on any atom is -0.475 e. The molecular weight excluding hydrogens is 552 g/mol. The summed E-state index contributed by atoms with van der Waals surface area (Å²) in [6, 6.07) is 8.39. The second kappa shape index (κ2) is 14.2. The highest BCUT2D eigenvalue weighted by molar-refractivity contribution is 5.73. The van der Waals surface area contributed by atoms with E-state index in [0.717, 1.165) is 50.8 Å². The maximum absolute atomic E-state index is 10.6. The van der Waals surface area contributed by atoms with Gasteiger partial charge in [-0.3, -0.25) is 9.88 Å². The van der Waals surface area contributed by atoms with E-state index in [9.17, 15) is 26.3 Å². The predicted octanol–water partition coefficient (Wildman–Crippen LogP) is 3.65. The summed E-state index contributed by atoms with van der Waals surface area (Å²) in [4.78, 5) is 36.1. The first-order valence-corrected chi connectivity index (χ1v) is 11.9. The molecule has 4 heterocycles. The van der Waals surface area contributed by atoms with Gasteiger partial charge in [0.1, 0.15) is 0 Å². The van der Waals surface area contributed by atoms with E-state index in [-0.39, 0.29) is 0 Å². The number of carboxylic acids is 2. The van der Waals surface area contributed by atoms with E-state index in [1.54, 1.807) is 7.11 Å². The van der Waals surface area contributed by atoms with Gasteiger partial charge in [0.25, 0.3) is 0 Å². The van der Waals surface area contributed by atoms with Gasteiger partial charge in [0.15, 0.2) is 0 Å². The molecule has 40 heavy (non-hydrogen) atoms. The molecule has 2 fully saturated rings. The number of pyridine rings is 1. The average molecular weight is 582 g/mol. The summed E-state index contributed by atoms with van der Waals surface area (Å²) < 4.78 is 69.0. The lowest BCUT2D eigenvalue weighted by Crippen LogP contribution is -2.41. The Labute approximate surface area is 225 Å². The number of hydrogen-bond acceptors (Lipinski definition) is 8. The number of aliphatic carboxylic acids is 2. The van der Waals surface area contributed by atoms with Gasteiger partial charge < -0.3 is 19.8 Å². The van der Waals surface area contributed by atoms with Crippen molar-refractivity contribution in [2.24, 2.45) is 5.41 Å². The average Bonchev–Trinajstić information content (AvgIpc) is 3.24. The summed E-state index contributed by atoms with van der Waals surface area (Å²) in [5.74, 6) is -4.68. The zero-order valence-electron chi connectivity index (χ0n) is 21.4. The number of likely N-dealkylation sites (tertiary alicyclic amines) is 1. The molecule has 2 aliphatic heterocycles. The molecule has 0 bridgehead atoms. The lowest BCUT2D eigenvalue weighted by Gasteiger charge is -2.39. The number of ether oxygens (including phenoxy) is 1. The summed E-state index contributed by atoms with van der Waals surface area (Å²) in [5.41, 5.74) is 1.51. The zero-order valence-corrected chi connectivity index (χ0v) is 21.4. The number of anilines is 1. The van der Waals surface area contributed by atoms with Gasteiger partial charge in [-0.1, -0.05) is 6.07 Å². The highest BCUT2D eigenvalue weighted by Crippen LogP contribution is 2.44. The second-order valence-corrected chi connectivity index (χ2v) is 9.19. The Kier molecular flexibility index (Phi) is 11.6. The topological polar surface area (TPSA) is 129 Å². The molecule has 0 aliphatic carbocycles. The van der Waals surface area contributed by atoms with E-state index < -0.39 is 24.3 Å². The van der Waals surface area contributed by atoms with Gasteiger partial charge in [0, 0.05) is 38.8 Å². The van der Waals surface area contributed by atoms with Crippen LogP contribution in [0.15, 0.2) is 42.9 Å². The van der Waals surface area contributed by atoms with Crippen LogP contribution >= 0.6 is 0 Å². The molecule has 2 aliphatic rings. The van der Waals surface area contributed by atoms with Crippen molar-refractivity contribution in [2.45, 2.75) is 44.2 Å². The minimum atomic E-state index is -5.08. The van der Waals surface area contributed by atoms with Crippen LogP contribution in [0.3, 0.4) is 0 Å². The minimum absolute atomic E-state index is 0.350. The van der Waals surface area contributed by atoms with Crippen molar-refractivity contribution >= 4 is 17.9 Å². The number of halogens is 6. The summed E-state index contributed by atoms with van der Waals surface area (Å²) in [6.07, 6.45) is -1.05. The first-order valence-electron chi connectivity index (χ1n) is 11.9. The number of aromatic nitrogens is 3. The summed E-state index contributed by atoms with van der Waals surface area (Å²) in [6.45, 7) is 4.96. The molecule has 2 aromatic rings. The molecule has 16 heteroatoms. The van der Waals surface area contributed by atoms with Crippen LogP contribution in [0.5, 0.6) is 0 Å². The fourth-order valence-electron chi connectivity index (χ4n) is 4.45. The Bertz CT molecular complexity index is 1040. The summed E-state index contributed by atoms with van der Waals surface area (Å²) in [7, 11) is 1.78. The molecule has 0 aromatic carbocycles. The number of methoxy groups -OCH3 is 1. The van der Waals surface area contributed by atoms with Gasteiger partial charge in [-0.25, -0.2) is 19.6 Å². The van der Waals surface area contributed by atoms with Crippen molar-refractivity contribution in [3.8, 4) is 0 Å². The van der Waals surface area contributed by atoms with Crippen molar-refractivity contribution in [3.05, 3.63) is 48.5 Å². The summed E-state index contributed by atoms with van der Waals surface area (Å²) >= 11 is 0. The fourth-order valence-corrected chi connectivity index (χ4v) is 4.45. The van der Waals surface area contributed by atoms with E-state index in [2.05, 4.69) is 36.9 Å². The van der Waals surface area contributed by atoms with Gasteiger partial charge in [-0.15, -0.1) is 0 Å². The Hall–Kier alpha value is -3.53. The number of carboxylic acid groups (broad SMARTS) is 2. The quantitative estimate of drug-likeness (QED) is 0.505. The SMILES string of the molecule is COCC1CC2(CCN(Cc3ccccn3)CC2)CN1c1ncccn1.O=C(O)C(F)(F)F.O=C(O)C(F)(F)F. The van der Waals surface area contributed by atoms with Crippen LogP contribution in [-0.2, 0) is 20.9 Å². The van der Waals surface area contributed by atoms with Crippen LogP contribution in [0, 0.1) is 5.41 Å². The second-order valence-electron chi connectivity index (χ2n) is 9.19. The van der Waals surface area contributed by atoms with Crippen LogP contribution < -0.4 is 4.90 Å². The predicted molar refractivity (Wildman–Crippen MR) is 128 cm³/mol. The molecule has 10 nitrogen and oxygen atoms in total. The van der Waals surface area contributed by atoms with Crippen LogP contribution in [-0.4, -0.2) is 93.7 Å². The number of piperidine rings is 1. The number of alkyl halides is 6. The molecule has 1 spiro atoms. The Morgan fingerprint density at radius 2 is 1.48 bits per heavy atom. The Balaban J connectivity index is 0.000000333. The molecule has 2 aromatic heterocycles. The van der Waals surface area contributed by atoms with Gasteiger partial charge >= 0.3 is 24.3 Å². The molecule has 222 valence electrons. The lowest BCUT2D eigenvalue weighted by molar-refractivity contribution is -0.193. The van der Waals surface area contributed by atoms with E-state index >= 15 is 0 Å². The molecule has 1 atom stereocenters. The van der Waals surface area contributed by atoms with E-state index in [0.29, 0.717) is 11.5 Å². The van der Waals surface area contributed by atoms with Gasteiger partial charge in [0.05, 0.1) is 18.3 Å². The monoisotopic (exact) mass is 581 g/mol. The van der Waals surface area contributed by atoms with Crippen molar-refractivity contribution in [1.82, 2.24) is 19.9 Å². The molecule has 0 radical (unpaired) electrons. The zero-order chi connectivity index (χ0) is 30.0. The smallest absolute Gasteiger partial charge is 0.475 e. The molecular formula is C24H29F6N5O5. The number of rotatable bonds is 5. The molecule has 0 amide bonds. The number of nitrogens with zero attached hydrogens (tertiary/aromatic N) is 5. The van der Waals surface area contributed by atoms with Crippen LogP contribution in [0.1, 0.15) is 25.0 Å². The van der Waals surface area contributed by atoms with Crippen LogP contribution in [0.25, 0.3) is 0 Å². The van der Waals surface area contributed by atoms with Gasteiger partial charge in [0.2, 0.25) is 5.95 Å². The third kappa shape index (κ3) is 10.2. The van der Waals surface area contributed by atoms with E-state index in [1.807, 2.05) is 30.7 Å². The maximum Gasteiger partial charge on any atom is 0.490 e. The number of carbonyl (C=O) groups is 2. The van der Waals surface area contributed by atoms with Crippen LogP contribution in [0.2, 0.25) is 0 Å². The Morgan fingerprint density at radius 3 is 1.93 bits per heavy atom. The molecule has 4 rings (SSSR count). The molecule has 2 N–H and O–H groups in total. The van der Waals surface area contributed by atoms with Crippen molar-refractivity contribution < 1.29 is 50.9 Å². The largest absolute Gasteiger partial charge is 0.490 e. The summed E-state index contributed by atoms with van der Waals surface area (Å²) in [5, 5.41) is 14.2. The van der Waals surface area contributed by atoms with Crippen LogP contribution in [0.4, 0.5) is 32.3 Å². The van der Waals surface area contributed by atoms with Crippen molar-refractivity contribution in [3.63, 3.8) is 0 Å². The van der Waals surface area contributed by atoms with Crippen molar-refractivity contribution in [2.75, 3.05) is 38.3 Å². The normalized spacial score (nSPS) is 18.8. The number of hydrogen-bond donors (Lipinski definition) is 2. The Morgan fingerprint density at radius 1 is 0.950 bits per heavy atom. The molecule has 0 saturated carbocycles. The van der Waals surface area contributed by atoms with E-state index in [1.165, 1.54) is 12.8 Å². The first kappa shape index (κ1) is 32.7.